The number of carboxylic acids is 2. The Balaban J connectivity index is 1.62. The molecule has 4 rings (SSSR count). The van der Waals surface area contributed by atoms with Crippen LogP contribution in [0.1, 0.15) is 57.8 Å². The van der Waals surface area contributed by atoms with Crippen LogP contribution in [0.25, 0.3) is 0 Å². The van der Waals surface area contributed by atoms with Gasteiger partial charge in [-0.3, -0.25) is 19.2 Å². The van der Waals surface area contributed by atoms with Crippen LogP contribution in [0.2, 0.25) is 0 Å². The number of hydrogen-bond acceptors (Lipinski definition) is 5. The third kappa shape index (κ3) is 5.50. The summed E-state index contributed by atoms with van der Waals surface area (Å²) < 4.78 is 0. The van der Waals surface area contributed by atoms with Crippen LogP contribution >= 0.6 is 0 Å². The summed E-state index contributed by atoms with van der Waals surface area (Å²) in [7, 11) is 1.55. The van der Waals surface area contributed by atoms with E-state index in [4.69, 9.17) is 10.2 Å². The normalized spacial score (nSPS) is 31.0. The molecule has 9 heteroatoms. The molecule has 0 aliphatic heterocycles. The third-order valence-corrected chi connectivity index (χ3v) is 7.13. The second-order valence-electron chi connectivity index (χ2n) is 9.23. The largest absolute Gasteiger partial charge is 0.481 e. The Labute approximate surface area is 176 Å². The molecule has 0 aromatic rings. The Bertz CT molecular complexity index is 654. The lowest BCUT2D eigenvalue weighted by atomic mass is 9.54. The van der Waals surface area contributed by atoms with E-state index < -0.39 is 29.9 Å². The minimum absolute atomic E-state index is 0.00439. The molecule has 0 spiro atoms. The van der Waals surface area contributed by atoms with Crippen LogP contribution in [0.4, 0.5) is 0 Å². The number of nitrogens with one attached hydrogen (secondary N) is 3. The highest BCUT2D eigenvalue weighted by atomic mass is 16.4. The van der Waals surface area contributed by atoms with Crippen molar-refractivity contribution < 1.29 is 29.4 Å². The lowest BCUT2D eigenvalue weighted by Crippen LogP contribution is -2.60. The van der Waals surface area contributed by atoms with E-state index in [1.165, 1.54) is 6.42 Å². The van der Waals surface area contributed by atoms with E-state index in [9.17, 15) is 19.2 Å². The number of hydrogen-bond donors (Lipinski definition) is 5. The number of carboxylic acid groups (broad SMARTS) is 2. The first-order chi connectivity index (χ1) is 14.3. The maximum absolute atomic E-state index is 13.0. The molecule has 2 atom stereocenters. The molecule has 168 valence electrons. The second-order valence-corrected chi connectivity index (χ2v) is 9.23. The summed E-state index contributed by atoms with van der Waals surface area (Å²) in [5.41, 5.74) is 0. The zero-order chi connectivity index (χ0) is 21.8. The lowest BCUT2D eigenvalue weighted by molar-refractivity contribution is -0.139. The highest BCUT2D eigenvalue weighted by Gasteiger charge is 2.49. The first-order valence-corrected chi connectivity index (χ1v) is 11.0. The molecule has 4 fully saturated rings. The standard InChI is InChI=1S/C21H33N3O6/c1-22-15(2-4-17(25)26)20(29)23-16(3-5-18(27)28)21(30)24-19-13-7-11-6-12(9-13)10-14(19)8-11/h11-16,19,22H,2-10H2,1H3,(H,23,29)(H,24,30)(H,25,26)(H,27,28)/t11?,12?,13?,14?,15-,16-,19?/m0/s1. The number of likely N-dealkylation sites (N-methyl/N-ethyl adjacent to an activating group) is 1. The van der Waals surface area contributed by atoms with Crippen molar-refractivity contribution in [1.82, 2.24) is 16.0 Å². The number of carbonyl (C=O) groups excluding carboxylic acids is 2. The molecule has 2 amide bonds. The highest BCUT2D eigenvalue weighted by Crippen LogP contribution is 2.53. The van der Waals surface area contributed by atoms with Crippen LogP contribution in [0.3, 0.4) is 0 Å². The number of aliphatic carboxylic acids is 2. The van der Waals surface area contributed by atoms with Gasteiger partial charge in [0.2, 0.25) is 11.8 Å². The van der Waals surface area contributed by atoms with Crippen LogP contribution in [-0.4, -0.2) is 59.1 Å². The molecule has 0 aromatic heterocycles. The fourth-order valence-electron chi connectivity index (χ4n) is 5.91. The van der Waals surface area contributed by atoms with Gasteiger partial charge in [0.15, 0.2) is 0 Å². The zero-order valence-corrected chi connectivity index (χ0v) is 17.4. The Hall–Kier alpha value is -2.16. The summed E-state index contributed by atoms with van der Waals surface area (Å²) in [6.07, 6.45) is 5.53. The van der Waals surface area contributed by atoms with Gasteiger partial charge in [-0.05, 0) is 75.7 Å². The van der Waals surface area contributed by atoms with Crippen molar-refractivity contribution in [3.05, 3.63) is 0 Å². The van der Waals surface area contributed by atoms with Gasteiger partial charge in [-0.2, -0.15) is 0 Å². The molecule has 0 saturated heterocycles. The number of rotatable bonds is 11. The second kappa shape index (κ2) is 9.76. The fraction of sp³-hybridized carbons (Fsp3) is 0.810. The molecule has 0 unspecified atom stereocenters. The molecular formula is C21H33N3O6. The molecule has 4 aliphatic carbocycles. The fourth-order valence-corrected chi connectivity index (χ4v) is 5.91. The molecule has 0 heterocycles. The molecule has 4 bridgehead atoms. The zero-order valence-electron chi connectivity index (χ0n) is 17.4. The Morgan fingerprint density at radius 2 is 1.30 bits per heavy atom. The summed E-state index contributed by atoms with van der Waals surface area (Å²) in [6, 6.07) is -1.62. The van der Waals surface area contributed by atoms with Crippen molar-refractivity contribution in [2.45, 2.75) is 75.9 Å². The molecule has 0 aromatic carbocycles. The van der Waals surface area contributed by atoms with Gasteiger partial charge in [0, 0.05) is 18.9 Å². The Morgan fingerprint density at radius 3 is 1.77 bits per heavy atom. The molecule has 9 nitrogen and oxygen atoms in total. The Morgan fingerprint density at radius 1 is 0.800 bits per heavy atom. The van der Waals surface area contributed by atoms with Crippen LogP contribution in [0, 0.1) is 23.7 Å². The summed E-state index contributed by atoms with van der Waals surface area (Å²) in [4.78, 5) is 47.5. The predicted molar refractivity (Wildman–Crippen MR) is 107 cm³/mol. The van der Waals surface area contributed by atoms with Crippen molar-refractivity contribution >= 4 is 23.8 Å². The van der Waals surface area contributed by atoms with Gasteiger partial charge in [-0.15, -0.1) is 0 Å². The monoisotopic (exact) mass is 423 g/mol. The van der Waals surface area contributed by atoms with Crippen LogP contribution in [0.5, 0.6) is 0 Å². The highest BCUT2D eigenvalue weighted by molar-refractivity contribution is 5.90. The van der Waals surface area contributed by atoms with E-state index in [0.717, 1.165) is 37.5 Å². The molecule has 5 N–H and O–H groups in total. The molecule has 4 aliphatic rings. The van der Waals surface area contributed by atoms with Gasteiger partial charge in [0.1, 0.15) is 6.04 Å². The van der Waals surface area contributed by atoms with E-state index >= 15 is 0 Å². The quantitative estimate of drug-likeness (QED) is 0.329. The van der Waals surface area contributed by atoms with E-state index in [0.29, 0.717) is 11.8 Å². The predicted octanol–water partition coefficient (Wildman–Crippen LogP) is 0.730. The average molecular weight is 424 g/mol. The number of carbonyl (C=O) groups is 4. The van der Waals surface area contributed by atoms with Gasteiger partial charge >= 0.3 is 11.9 Å². The lowest BCUT2D eigenvalue weighted by Gasteiger charge is -2.54. The van der Waals surface area contributed by atoms with Crippen LogP contribution in [-0.2, 0) is 19.2 Å². The maximum Gasteiger partial charge on any atom is 0.303 e. The maximum atomic E-state index is 13.0. The van der Waals surface area contributed by atoms with Crippen molar-refractivity contribution in [3.63, 3.8) is 0 Å². The average Bonchev–Trinajstić information content (AvgIpc) is 2.67. The van der Waals surface area contributed by atoms with E-state index in [1.807, 2.05) is 0 Å². The van der Waals surface area contributed by atoms with Gasteiger partial charge in [0.05, 0.1) is 6.04 Å². The minimum Gasteiger partial charge on any atom is -0.481 e. The Kier molecular flexibility index (Phi) is 7.33. The van der Waals surface area contributed by atoms with Crippen molar-refractivity contribution in [2.24, 2.45) is 23.7 Å². The molecular weight excluding hydrogens is 390 g/mol. The third-order valence-electron chi connectivity index (χ3n) is 7.13. The van der Waals surface area contributed by atoms with E-state index in [2.05, 4.69) is 16.0 Å². The smallest absolute Gasteiger partial charge is 0.303 e. The number of amides is 2. The molecule has 30 heavy (non-hydrogen) atoms. The van der Waals surface area contributed by atoms with E-state index in [-0.39, 0.29) is 37.6 Å². The first kappa shape index (κ1) is 22.5. The minimum atomic E-state index is -1.03. The van der Waals surface area contributed by atoms with Gasteiger partial charge < -0.3 is 26.2 Å². The molecule has 0 radical (unpaired) electrons. The van der Waals surface area contributed by atoms with Crippen molar-refractivity contribution in [2.75, 3.05) is 7.05 Å². The summed E-state index contributed by atoms with van der Waals surface area (Å²) in [6.45, 7) is 0. The first-order valence-electron chi connectivity index (χ1n) is 11.0. The van der Waals surface area contributed by atoms with Crippen molar-refractivity contribution in [1.29, 1.82) is 0 Å². The van der Waals surface area contributed by atoms with Crippen molar-refractivity contribution in [3.8, 4) is 0 Å². The molecule has 4 saturated carbocycles. The van der Waals surface area contributed by atoms with Crippen LogP contribution < -0.4 is 16.0 Å². The SMILES string of the molecule is CN[C@@H](CCC(=O)O)C(=O)N[C@@H](CCC(=O)O)C(=O)NC1C2CC3CC(C2)CC1C3. The van der Waals surface area contributed by atoms with Crippen LogP contribution in [0.15, 0.2) is 0 Å². The topological polar surface area (TPSA) is 145 Å². The summed E-state index contributed by atoms with van der Waals surface area (Å²) in [5.74, 6) is -0.381. The van der Waals surface area contributed by atoms with E-state index in [1.54, 1.807) is 7.05 Å². The van der Waals surface area contributed by atoms with Gasteiger partial charge in [-0.1, -0.05) is 0 Å². The summed E-state index contributed by atoms with van der Waals surface area (Å²) >= 11 is 0. The summed E-state index contributed by atoms with van der Waals surface area (Å²) in [5, 5.41) is 26.4. The van der Waals surface area contributed by atoms with Gasteiger partial charge in [-0.25, -0.2) is 0 Å². The van der Waals surface area contributed by atoms with Gasteiger partial charge in [0.25, 0.3) is 0 Å².